The highest BCUT2D eigenvalue weighted by atomic mass is 16.7. The molecule has 2 rings (SSSR count). The molecule has 0 radical (unpaired) electrons. The van der Waals surface area contributed by atoms with Gasteiger partial charge in [-0.2, -0.15) is 0 Å². The maximum atomic E-state index is 9.92. The molecule has 0 spiro atoms. The molecule has 0 aromatic heterocycles. The van der Waals surface area contributed by atoms with E-state index in [4.69, 9.17) is 19.3 Å². The summed E-state index contributed by atoms with van der Waals surface area (Å²) in [7, 11) is 0. The Bertz CT molecular complexity index is 328. The van der Waals surface area contributed by atoms with Gasteiger partial charge in [-0.3, -0.25) is 0 Å². The Hall–Kier alpha value is -0.360. The van der Waals surface area contributed by atoms with Gasteiger partial charge in [0.1, 0.15) is 24.4 Å². The van der Waals surface area contributed by atoms with Crippen molar-refractivity contribution in [1.29, 1.82) is 0 Å². The van der Waals surface area contributed by atoms with Crippen LogP contribution < -0.4 is 0 Å². The van der Waals surface area contributed by atoms with Crippen LogP contribution in [0.15, 0.2) is 0 Å². The predicted octanol–water partition coefficient (Wildman–Crippen LogP) is -3.34. The van der Waals surface area contributed by atoms with E-state index in [9.17, 15) is 25.5 Å². The average molecular weight is 310 g/mol. The molecule has 2 saturated heterocycles. The fraction of sp³-hybridized carbons (Fsp3) is 1.00. The second kappa shape index (κ2) is 7.27. The fourth-order valence-electron chi connectivity index (χ4n) is 2.58. The lowest BCUT2D eigenvalue weighted by atomic mass is 10.00. The Kier molecular flexibility index (Phi) is 5.88. The summed E-state index contributed by atoms with van der Waals surface area (Å²) in [5.41, 5.74) is 0. The number of aliphatic hydroxyl groups excluding tert-OH is 6. The van der Waals surface area contributed by atoms with Gasteiger partial charge in [-0.1, -0.05) is 0 Å². The summed E-state index contributed by atoms with van der Waals surface area (Å²) in [6.07, 6.45) is -8.64. The van der Waals surface area contributed by atoms with E-state index >= 15 is 0 Å². The number of hydrogen-bond donors (Lipinski definition) is 6. The molecule has 2 fully saturated rings. The van der Waals surface area contributed by atoms with Crippen molar-refractivity contribution in [3.05, 3.63) is 0 Å². The third-order valence-electron chi connectivity index (χ3n) is 3.73. The van der Waals surface area contributed by atoms with Crippen LogP contribution >= 0.6 is 0 Å². The molecule has 8 atom stereocenters. The van der Waals surface area contributed by atoms with Crippen molar-refractivity contribution in [2.45, 2.75) is 62.0 Å². The number of ether oxygens (including phenoxy) is 3. The van der Waals surface area contributed by atoms with Crippen molar-refractivity contribution in [3.63, 3.8) is 0 Å². The molecule has 2 aliphatic rings. The van der Waals surface area contributed by atoms with Crippen LogP contribution in [0.3, 0.4) is 0 Å². The summed E-state index contributed by atoms with van der Waals surface area (Å²) in [6, 6.07) is 0. The van der Waals surface area contributed by atoms with Gasteiger partial charge in [-0.15, -0.1) is 0 Å². The van der Waals surface area contributed by atoms with Crippen LogP contribution in [-0.2, 0) is 14.2 Å². The predicted molar refractivity (Wildman–Crippen MR) is 65.8 cm³/mol. The van der Waals surface area contributed by atoms with Crippen molar-refractivity contribution in [1.82, 2.24) is 0 Å². The van der Waals surface area contributed by atoms with E-state index in [1.165, 1.54) is 0 Å². The highest BCUT2D eigenvalue weighted by molar-refractivity contribution is 4.87. The van der Waals surface area contributed by atoms with E-state index in [0.717, 1.165) is 0 Å². The molecule has 21 heavy (non-hydrogen) atoms. The van der Waals surface area contributed by atoms with E-state index in [-0.39, 0.29) is 12.8 Å². The minimum absolute atomic E-state index is 0.0540. The molecule has 124 valence electrons. The van der Waals surface area contributed by atoms with Gasteiger partial charge in [0, 0.05) is 12.8 Å². The van der Waals surface area contributed by atoms with Gasteiger partial charge >= 0.3 is 0 Å². The normalized spacial score (nSPS) is 48.3. The molecule has 0 amide bonds. The van der Waals surface area contributed by atoms with E-state index in [1.54, 1.807) is 0 Å². The van der Waals surface area contributed by atoms with E-state index in [0.29, 0.717) is 0 Å². The Morgan fingerprint density at radius 2 is 1.52 bits per heavy atom. The molecule has 9 heteroatoms. The minimum atomic E-state index is -1.22. The quantitative estimate of drug-likeness (QED) is 0.313. The topological polar surface area (TPSA) is 149 Å². The summed E-state index contributed by atoms with van der Waals surface area (Å²) in [4.78, 5) is 0. The lowest BCUT2D eigenvalue weighted by molar-refractivity contribution is -0.316. The minimum Gasteiger partial charge on any atom is -0.394 e. The first kappa shape index (κ1) is 17.0. The summed E-state index contributed by atoms with van der Waals surface area (Å²) in [6.45, 7) is -0.968. The largest absolute Gasteiger partial charge is 0.394 e. The fourth-order valence-corrected chi connectivity index (χ4v) is 2.58. The lowest BCUT2D eigenvalue weighted by Crippen LogP contribution is -2.56. The zero-order chi connectivity index (χ0) is 15.6. The summed E-state index contributed by atoms with van der Waals surface area (Å²) < 4.78 is 15.9. The molecule has 2 aliphatic heterocycles. The van der Waals surface area contributed by atoms with Gasteiger partial charge < -0.3 is 44.8 Å². The van der Waals surface area contributed by atoms with Crippen LogP contribution in [0.1, 0.15) is 12.8 Å². The molecular weight excluding hydrogens is 288 g/mol. The molecule has 0 aromatic carbocycles. The average Bonchev–Trinajstić information content (AvgIpc) is 2.45. The summed E-state index contributed by atoms with van der Waals surface area (Å²) >= 11 is 0. The van der Waals surface area contributed by atoms with E-state index in [2.05, 4.69) is 0 Å². The second-order valence-electron chi connectivity index (χ2n) is 5.30. The first-order valence-electron chi connectivity index (χ1n) is 6.86. The zero-order valence-corrected chi connectivity index (χ0v) is 11.4. The highest BCUT2D eigenvalue weighted by Crippen LogP contribution is 2.27. The molecule has 0 saturated carbocycles. The molecular formula is C12H22O9. The van der Waals surface area contributed by atoms with Gasteiger partial charge in [-0.25, -0.2) is 0 Å². The summed E-state index contributed by atoms with van der Waals surface area (Å²) in [5.74, 6) is 0. The van der Waals surface area contributed by atoms with E-state index in [1.807, 2.05) is 0 Å². The third kappa shape index (κ3) is 3.89. The molecule has 0 bridgehead atoms. The monoisotopic (exact) mass is 310 g/mol. The second-order valence-corrected chi connectivity index (χ2v) is 5.30. The number of hydrogen-bond acceptors (Lipinski definition) is 9. The van der Waals surface area contributed by atoms with Crippen molar-refractivity contribution in [3.8, 4) is 0 Å². The molecule has 0 aromatic rings. The van der Waals surface area contributed by atoms with E-state index < -0.39 is 62.4 Å². The van der Waals surface area contributed by atoms with Gasteiger partial charge in [0.25, 0.3) is 0 Å². The van der Waals surface area contributed by atoms with Gasteiger partial charge in [0.2, 0.25) is 0 Å². The van der Waals surface area contributed by atoms with Crippen LogP contribution in [-0.4, -0.2) is 93.1 Å². The van der Waals surface area contributed by atoms with Gasteiger partial charge in [0.05, 0.1) is 25.4 Å². The van der Waals surface area contributed by atoms with Gasteiger partial charge in [-0.05, 0) is 0 Å². The van der Waals surface area contributed by atoms with Crippen molar-refractivity contribution in [2.75, 3.05) is 13.2 Å². The molecule has 2 unspecified atom stereocenters. The van der Waals surface area contributed by atoms with Crippen LogP contribution in [0.2, 0.25) is 0 Å². The third-order valence-corrected chi connectivity index (χ3v) is 3.73. The smallest absolute Gasteiger partial charge is 0.161 e. The molecule has 2 heterocycles. The molecule has 6 N–H and O–H groups in total. The van der Waals surface area contributed by atoms with Crippen molar-refractivity contribution in [2.24, 2.45) is 0 Å². The van der Waals surface area contributed by atoms with Crippen LogP contribution in [0, 0.1) is 0 Å². The Morgan fingerprint density at radius 3 is 2.14 bits per heavy atom. The van der Waals surface area contributed by atoms with Crippen LogP contribution in [0.4, 0.5) is 0 Å². The summed E-state index contributed by atoms with van der Waals surface area (Å²) in [5, 5.41) is 56.9. The SMILES string of the molecule is OC[C@H]1O[C@H](O[C@H]2C(O)C[C@@H](O)O[C@@H]2CO)CC(O)[C@@H]1O. The molecule has 0 aliphatic carbocycles. The molecule has 9 nitrogen and oxygen atoms in total. The Morgan fingerprint density at radius 1 is 0.857 bits per heavy atom. The number of aliphatic hydroxyl groups is 6. The lowest BCUT2D eigenvalue weighted by Gasteiger charge is -2.42. The Balaban J connectivity index is 1.99. The zero-order valence-electron chi connectivity index (χ0n) is 11.4. The van der Waals surface area contributed by atoms with Crippen molar-refractivity contribution < 1.29 is 44.8 Å². The first-order chi connectivity index (χ1) is 9.96. The standard InChI is InChI=1S/C12H22O9/c13-3-7-11(18)5(15)2-10(20-7)21-12-6(16)1-9(17)19-8(12)4-14/h5-18H,1-4H2/t5?,6?,7-,8-,9+,10-,11+,12+/m1/s1. The van der Waals surface area contributed by atoms with Crippen LogP contribution in [0.25, 0.3) is 0 Å². The Labute approximate surface area is 121 Å². The van der Waals surface area contributed by atoms with Gasteiger partial charge in [0.15, 0.2) is 12.6 Å². The maximum Gasteiger partial charge on any atom is 0.161 e. The van der Waals surface area contributed by atoms with Crippen LogP contribution in [0.5, 0.6) is 0 Å². The highest BCUT2D eigenvalue weighted by Gasteiger charge is 2.43. The van der Waals surface area contributed by atoms with Crippen molar-refractivity contribution >= 4 is 0 Å². The maximum absolute atomic E-state index is 9.92. The number of rotatable bonds is 4. The first-order valence-corrected chi connectivity index (χ1v) is 6.86.